The fourth-order valence-electron chi connectivity index (χ4n) is 3.32. The van der Waals surface area contributed by atoms with E-state index < -0.39 is 21.1 Å². The lowest BCUT2D eigenvalue weighted by Crippen LogP contribution is -2.52. The van der Waals surface area contributed by atoms with Gasteiger partial charge in [0.1, 0.15) is 6.10 Å². The maximum absolute atomic E-state index is 12.7. The molecule has 10 nitrogen and oxygen atoms in total. The Labute approximate surface area is 157 Å². The van der Waals surface area contributed by atoms with Gasteiger partial charge in [-0.3, -0.25) is 14.9 Å². The molecule has 1 aromatic rings. The van der Waals surface area contributed by atoms with Gasteiger partial charge >= 0.3 is 0 Å². The Balaban J connectivity index is 1.64. The van der Waals surface area contributed by atoms with Gasteiger partial charge in [0.25, 0.3) is 11.6 Å². The van der Waals surface area contributed by atoms with E-state index in [1.165, 1.54) is 22.5 Å². The summed E-state index contributed by atoms with van der Waals surface area (Å²) in [4.78, 5) is 24.2. The molecule has 148 valence electrons. The number of hydrogen-bond acceptors (Lipinski definition) is 7. The maximum Gasteiger partial charge on any atom is 0.270 e. The normalized spacial score (nSPS) is 24.1. The van der Waals surface area contributed by atoms with Crippen LogP contribution in [0, 0.1) is 10.1 Å². The topological polar surface area (TPSA) is 136 Å². The molecule has 0 unspecified atom stereocenters. The van der Waals surface area contributed by atoms with E-state index in [2.05, 4.69) is 0 Å². The predicted molar refractivity (Wildman–Crippen MR) is 95.4 cm³/mol. The fourth-order valence-corrected chi connectivity index (χ4v) is 4.78. The Morgan fingerprint density at radius 3 is 2.56 bits per heavy atom. The van der Waals surface area contributed by atoms with Crippen LogP contribution in [0.25, 0.3) is 0 Å². The molecule has 2 N–H and O–H groups in total. The van der Waals surface area contributed by atoms with Gasteiger partial charge < -0.3 is 15.4 Å². The molecular weight excluding hydrogens is 376 g/mol. The lowest BCUT2D eigenvalue weighted by molar-refractivity contribution is -0.385. The van der Waals surface area contributed by atoms with Crippen LogP contribution >= 0.6 is 0 Å². The summed E-state index contributed by atoms with van der Waals surface area (Å²) >= 11 is 0. The first-order valence-electron chi connectivity index (χ1n) is 8.72. The van der Waals surface area contributed by atoms with E-state index in [-0.39, 0.29) is 48.8 Å². The number of piperazine rings is 1. The number of nitrogens with two attached hydrogens (primary N) is 1. The minimum Gasteiger partial charge on any atom is -0.364 e. The minimum atomic E-state index is -3.86. The van der Waals surface area contributed by atoms with Gasteiger partial charge in [0.2, 0.25) is 10.0 Å². The smallest absolute Gasteiger partial charge is 0.270 e. The molecule has 0 bridgehead atoms. The number of nitro groups is 1. The monoisotopic (exact) mass is 398 g/mol. The molecule has 0 saturated carbocycles. The summed E-state index contributed by atoms with van der Waals surface area (Å²) in [6.45, 7) is 1.13. The Hall–Kier alpha value is -2.08. The van der Waals surface area contributed by atoms with Crippen LogP contribution in [0.1, 0.15) is 12.8 Å². The van der Waals surface area contributed by atoms with Crippen molar-refractivity contribution in [3.05, 3.63) is 34.4 Å². The number of carbonyl (C=O) groups is 1. The number of hydrogen-bond donors (Lipinski definition) is 1. The molecule has 27 heavy (non-hydrogen) atoms. The van der Waals surface area contributed by atoms with Crippen LogP contribution in [0.2, 0.25) is 0 Å². The molecule has 2 saturated heterocycles. The van der Waals surface area contributed by atoms with Crippen LogP contribution in [0.15, 0.2) is 29.2 Å². The lowest BCUT2D eigenvalue weighted by Gasteiger charge is -2.35. The molecule has 2 aliphatic heterocycles. The molecule has 1 aromatic carbocycles. The summed E-state index contributed by atoms with van der Waals surface area (Å²) in [6.07, 6.45) is 0.744. The van der Waals surface area contributed by atoms with Gasteiger partial charge in [-0.25, -0.2) is 8.42 Å². The quantitative estimate of drug-likeness (QED) is 0.542. The lowest BCUT2D eigenvalue weighted by atomic mass is 10.1. The molecule has 0 spiro atoms. The van der Waals surface area contributed by atoms with Crippen molar-refractivity contribution in [1.29, 1.82) is 0 Å². The van der Waals surface area contributed by atoms with Crippen LogP contribution in [-0.2, 0) is 19.6 Å². The first-order chi connectivity index (χ1) is 12.8. The van der Waals surface area contributed by atoms with Crippen molar-refractivity contribution in [1.82, 2.24) is 9.21 Å². The SMILES string of the molecule is NC[C@H]1CC[C@@H](C(=O)N2CCN(S(=O)(=O)c3cccc([N+](=O)[O-])c3)CC2)O1. The van der Waals surface area contributed by atoms with E-state index in [4.69, 9.17) is 10.5 Å². The number of amides is 1. The molecule has 11 heteroatoms. The Kier molecular flexibility index (Phi) is 5.75. The highest BCUT2D eigenvalue weighted by atomic mass is 32.2. The minimum absolute atomic E-state index is 0.102. The maximum atomic E-state index is 12.7. The van der Waals surface area contributed by atoms with Gasteiger partial charge in [-0.05, 0) is 18.9 Å². The van der Waals surface area contributed by atoms with Crippen molar-refractivity contribution in [3.63, 3.8) is 0 Å². The van der Waals surface area contributed by atoms with Crippen LogP contribution in [0.3, 0.4) is 0 Å². The summed E-state index contributed by atoms with van der Waals surface area (Å²) in [5.41, 5.74) is 5.28. The molecule has 1 amide bonds. The van der Waals surface area contributed by atoms with Crippen molar-refractivity contribution in [2.75, 3.05) is 32.7 Å². The highest BCUT2D eigenvalue weighted by Crippen LogP contribution is 2.24. The van der Waals surface area contributed by atoms with Crippen molar-refractivity contribution >= 4 is 21.6 Å². The van der Waals surface area contributed by atoms with E-state index in [1.807, 2.05) is 0 Å². The second-order valence-corrected chi connectivity index (χ2v) is 8.48. The van der Waals surface area contributed by atoms with Crippen molar-refractivity contribution in [3.8, 4) is 0 Å². The number of carbonyl (C=O) groups excluding carboxylic acids is 1. The summed E-state index contributed by atoms with van der Waals surface area (Å²) < 4.78 is 32.3. The number of sulfonamides is 1. The van der Waals surface area contributed by atoms with Crippen LogP contribution in [0.5, 0.6) is 0 Å². The van der Waals surface area contributed by atoms with Crippen LogP contribution in [-0.4, -0.2) is 73.4 Å². The number of nitro benzene ring substituents is 1. The Morgan fingerprint density at radius 1 is 1.26 bits per heavy atom. The molecule has 0 aromatic heterocycles. The van der Waals surface area contributed by atoms with E-state index in [0.717, 1.165) is 12.5 Å². The third-order valence-electron chi connectivity index (χ3n) is 4.86. The van der Waals surface area contributed by atoms with Gasteiger partial charge in [0.15, 0.2) is 0 Å². The number of nitrogens with zero attached hydrogens (tertiary/aromatic N) is 3. The van der Waals surface area contributed by atoms with Gasteiger partial charge in [-0.2, -0.15) is 4.31 Å². The molecule has 0 aliphatic carbocycles. The van der Waals surface area contributed by atoms with Crippen molar-refractivity contribution < 1.29 is 22.9 Å². The van der Waals surface area contributed by atoms with Gasteiger partial charge in [-0.1, -0.05) is 6.07 Å². The summed E-state index contributed by atoms with van der Waals surface area (Å²) in [7, 11) is -3.86. The third-order valence-corrected chi connectivity index (χ3v) is 6.76. The van der Waals surface area contributed by atoms with E-state index >= 15 is 0 Å². The third kappa shape index (κ3) is 4.10. The number of rotatable bonds is 5. The molecule has 3 rings (SSSR count). The van der Waals surface area contributed by atoms with Crippen LogP contribution < -0.4 is 5.73 Å². The Bertz CT molecular complexity index is 822. The van der Waals surface area contributed by atoms with Crippen LogP contribution in [0.4, 0.5) is 5.69 Å². The highest BCUT2D eigenvalue weighted by Gasteiger charge is 2.36. The predicted octanol–water partition coefficient (Wildman–Crippen LogP) is -0.0660. The fraction of sp³-hybridized carbons (Fsp3) is 0.562. The number of benzene rings is 1. The second kappa shape index (κ2) is 7.89. The second-order valence-electron chi connectivity index (χ2n) is 6.54. The van der Waals surface area contributed by atoms with Gasteiger partial charge in [-0.15, -0.1) is 0 Å². The number of ether oxygens (including phenoxy) is 1. The zero-order valence-electron chi connectivity index (χ0n) is 14.7. The van der Waals surface area contributed by atoms with Gasteiger partial charge in [0.05, 0.1) is 15.9 Å². The zero-order chi connectivity index (χ0) is 19.6. The summed E-state index contributed by atoms with van der Waals surface area (Å²) in [5, 5.41) is 10.9. The van der Waals surface area contributed by atoms with Crippen molar-refractivity contribution in [2.45, 2.75) is 29.9 Å². The molecular formula is C16H22N4O6S. The van der Waals surface area contributed by atoms with E-state index in [1.54, 1.807) is 4.90 Å². The molecule has 0 radical (unpaired) electrons. The first-order valence-corrected chi connectivity index (χ1v) is 10.2. The Morgan fingerprint density at radius 2 is 1.96 bits per heavy atom. The first kappa shape index (κ1) is 19.7. The van der Waals surface area contributed by atoms with E-state index in [9.17, 15) is 23.3 Å². The van der Waals surface area contributed by atoms with Gasteiger partial charge in [0, 0.05) is 44.9 Å². The molecule has 2 atom stereocenters. The number of non-ortho nitro benzene ring substituents is 1. The summed E-state index contributed by atoms with van der Waals surface area (Å²) in [6, 6.07) is 4.97. The summed E-state index contributed by atoms with van der Waals surface area (Å²) in [5.74, 6) is -0.140. The molecule has 2 heterocycles. The molecule has 2 aliphatic rings. The zero-order valence-corrected chi connectivity index (χ0v) is 15.5. The molecule has 2 fully saturated rings. The largest absolute Gasteiger partial charge is 0.364 e. The van der Waals surface area contributed by atoms with E-state index in [0.29, 0.717) is 13.0 Å². The standard InChI is InChI=1S/C16H22N4O6S/c17-11-13-4-5-15(26-13)16(21)18-6-8-19(9-7-18)27(24,25)14-3-1-2-12(10-14)20(22)23/h1-3,10,13,15H,4-9,11,17H2/t13-,15+/m1/s1. The average Bonchev–Trinajstić information content (AvgIpc) is 3.17. The highest BCUT2D eigenvalue weighted by molar-refractivity contribution is 7.89. The van der Waals surface area contributed by atoms with Crippen molar-refractivity contribution in [2.24, 2.45) is 5.73 Å². The average molecular weight is 398 g/mol.